The standard InChI is InChI=1S/C27H32N4O6/c1-4-19(3)28-24(32)23-17-37-27(30(23)26(34)22-11-6-5-8-18(22)2)12-14-29(15-13-27)25(33)20-9-7-10-21(16-20)31(35)36/h5-11,16,19,23H,4,12-15,17H2,1-3H3,(H,28,32)/t19-,23+/m1/s1. The van der Waals surface area contributed by atoms with Gasteiger partial charge in [0.05, 0.1) is 11.5 Å². The van der Waals surface area contributed by atoms with E-state index in [-0.39, 0.29) is 54.7 Å². The molecule has 2 saturated heterocycles. The monoisotopic (exact) mass is 508 g/mol. The lowest BCUT2D eigenvalue weighted by molar-refractivity contribution is -0.384. The summed E-state index contributed by atoms with van der Waals surface area (Å²) in [6.45, 7) is 6.36. The molecule has 0 aliphatic carbocycles. The zero-order valence-corrected chi connectivity index (χ0v) is 21.3. The fourth-order valence-corrected chi connectivity index (χ4v) is 4.94. The largest absolute Gasteiger partial charge is 0.353 e. The van der Waals surface area contributed by atoms with Crippen molar-refractivity contribution >= 4 is 23.4 Å². The van der Waals surface area contributed by atoms with Crippen molar-refractivity contribution in [3.63, 3.8) is 0 Å². The second kappa shape index (κ2) is 10.7. The molecule has 10 nitrogen and oxygen atoms in total. The first kappa shape index (κ1) is 26.3. The Hall–Kier alpha value is -3.79. The lowest BCUT2D eigenvalue weighted by Crippen LogP contribution is -2.60. The van der Waals surface area contributed by atoms with Crippen LogP contribution < -0.4 is 5.32 Å². The maximum absolute atomic E-state index is 13.9. The molecule has 2 atom stereocenters. The van der Waals surface area contributed by atoms with Crippen LogP contribution in [0.1, 0.15) is 59.4 Å². The molecule has 3 amide bonds. The Morgan fingerprint density at radius 2 is 1.84 bits per heavy atom. The Morgan fingerprint density at radius 3 is 2.49 bits per heavy atom. The van der Waals surface area contributed by atoms with E-state index in [9.17, 15) is 24.5 Å². The van der Waals surface area contributed by atoms with Gasteiger partial charge in [0.15, 0.2) is 0 Å². The molecule has 1 spiro atoms. The maximum Gasteiger partial charge on any atom is 0.270 e. The van der Waals surface area contributed by atoms with Gasteiger partial charge < -0.3 is 15.0 Å². The van der Waals surface area contributed by atoms with Crippen LogP contribution >= 0.6 is 0 Å². The normalized spacial score (nSPS) is 19.5. The van der Waals surface area contributed by atoms with Crippen molar-refractivity contribution in [2.75, 3.05) is 19.7 Å². The van der Waals surface area contributed by atoms with Crippen molar-refractivity contribution in [2.45, 2.75) is 57.8 Å². The summed E-state index contributed by atoms with van der Waals surface area (Å²) in [4.78, 5) is 54.0. The summed E-state index contributed by atoms with van der Waals surface area (Å²) >= 11 is 0. The summed E-state index contributed by atoms with van der Waals surface area (Å²) in [6, 6.07) is 12.0. The van der Waals surface area contributed by atoms with Crippen molar-refractivity contribution in [1.29, 1.82) is 0 Å². The van der Waals surface area contributed by atoms with Gasteiger partial charge >= 0.3 is 0 Å². The molecule has 1 N–H and O–H groups in total. The van der Waals surface area contributed by atoms with Crippen LogP contribution in [0, 0.1) is 17.0 Å². The third-order valence-corrected chi connectivity index (χ3v) is 7.29. The predicted molar refractivity (Wildman–Crippen MR) is 136 cm³/mol. The summed E-state index contributed by atoms with van der Waals surface area (Å²) in [6.07, 6.45) is 1.39. The van der Waals surface area contributed by atoms with Crippen LogP contribution in [-0.2, 0) is 9.53 Å². The number of likely N-dealkylation sites (tertiary alicyclic amines) is 1. The zero-order chi connectivity index (χ0) is 26.7. The van der Waals surface area contributed by atoms with Crippen molar-refractivity contribution in [3.8, 4) is 0 Å². The first-order valence-corrected chi connectivity index (χ1v) is 12.5. The Kier molecular flexibility index (Phi) is 7.58. The topological polar surface area (TPSA) is 122 Å². The molecule has 0 aromatic heterocycles. The first-order valence-electron chi connectivity index (χ1n) is 12.5. The number of hydrogen-bond donors (Lipinski definition) is 1. The van der Waals surface area contributed by atoms with Gasteiger partial charge in [-0.05, 0) is 38.0 Å². The van der Waals surface area contributed by atoms with E-state index in [2.05, 4.69) is 5.32 Å². The minimum absolute atomic E-state index is 0.0474. The summed E-state index contributed by atoms with van der Waals surface area (Å²) < 4.78 is 6.23. The molecule has 0 unspecified atom stereocenters. The SMILES string of the molecule is CC[C@@H](C)NC(=O)[C@@H]1COC2(CCN(C(=O)c3cccc([N+](=O)[O-])c3)CC2)N1C(=O)c1ccccc1C. The van der Waals surface area contributed by atoms with E-state index in [1.54, 1.807) is 28.0 Å². The number of nitrogens with one attached hydrogen (secondary N) is 1. The van der Waals surface area contributed by atoms with Crippen molar-refractivity contribution < 1.29 is 24.0 Å². The highest BCUT2D eigenvalue weighted by Gasteiger charge is 2.54. The van der Waals surface area contributed by atoms with Crippen LogP contribution in [0.15, 0.2) is 48.5 Å². The number of aryl methyl sites for hydroxylation is 1. The van der Waals surface area contributed by atoms with E-state index in [1.807, 2.05) is 32.9 Å². The molecule has 2 aromatic rings. The van der Waals surface area contributed by atoms with E-state index >= 15 is 0 Å². The number of carbonyl (C=O) groups excluding carboxylic acids is 3. The molecule has 37 heavy (non-hydrogen) atoms. The van der Waals surface area contributed by atoms with E-state index in [0.29, 0.717) is 18.4 Å². The molecule has 0 bridgehead atoms. The van der Waals surface area contributed by atoms with Crippen LogP contribution in [-0.4, -0.2) is 69.9 Å². The Balaban J connectivity index is 1.58. The fraction of sp³-hybridized carbons (Fsp3) is 0.444. The van der Waals surface area contributed by atoms with Crippen LogP contribution in [0.5, 0.6) is 0 Å². The number of non-ortho nitro benzene ring substituents is 1. The first-order chi connectivity index (χ1) is 17.7. The van der Waals surface area contributed by atoms with Gasteiger partial charge in [-0.25, -0.2) is 0 Å². The molecular weight excluding hydrogens is 476 g/mol. The number of nitro groups is 1. The number of nitrogens with zero attached hydrogens (tertiary/aromatic N) is 3. The van der Waals surface area contributed by atoms with Gasteiger partial charge in [0, 0.05) is 55.2 Å². The van der Waals surface area contributed by atoms with Crippen LogP contribution in [0.25, 0.3) is 0 Å². The van der Waals surface area contributed by atoms with E-state index in [4.69, 9.17) is 4.74 Å². The molecule has 2 aliphatic rings. The van der Waals surface area contributed by atoms with Crippen LogP contribution in [0.2, 0.25) is 0 Å². The van der Waals surface area contributed by atoms with Crippen molar-refractivity contribution in [1.82, 2.24) is 15.1 Å². The predicted octanol–water partition coefficient (Wildman–Crippen LogP) is 3.29. The highest BCUT2D eigenvalue weighted by atomic mass is 16.6. The summed E-state index contributed by atoms with van der Waals surface area (Å²) in [5, 5.41) is 14.1. The molecule has 196 valence electrons. The number of ether oxygens (including phenoxy) is 1. The number of amides is 3. The lowest BCUT2D eigenvalue weighted by Gasteiger charge is -2.44. The van der Waals surface area contributed by atoms with E-state index < -0.39 is 16.7 Å². The smallest absolute Gasteiger partial charge is 0.270 e. The van der Waals surface area contributed by atoms with Gasteiger partial charge in [-0.2, -0.15) is 0 Å². The minimum Gasteiger partial charge on any atom is -0.353 e. The van der Waals surface area contributed by atoms with E-state index in [1.165, 1.54) is 18.2 Å². The molecule has 10 heteroatoms. The molecule has 0 radical (unpaired) electrons. The number of carbonyl (C=O) groups is 3. The Labute approximate surface area is 215 Å². The number of nitro benzene ring substituents is 1. The minimum atomic E-state index is -1.03. The maximum atomic E-state index is 13.9. The van der Waals surface area contributed by atoms with Crippen molar-refractivity contribution in [2.24, 2.45) is 0 Å². The highest BCUT2D eigenvalue weighted by molar-refractivity contribution is 5.99. The third kappa shape index (κ3) is 5.20. The van der Waals surface area contributed by atoms with Crippen LogP contribution in [0.3, 0.4) is 0 Å². The second-order valence-electron chi connectivity index (χ2n) is 9.68. The van der Waals surface area contributed by atoms with Gasteiger partial charge in [0.2, 0.25) is 5.91 Å². The highest BCUT2D eigenvalue weighted by Crippen LogP contribution is 2.39. The average Bonchev–Trinajstić information content (AvgIpc) is 3.27. The van der Waals surface area contributed by atoms with Crippen LogP contribution in [0.4, 0.5) is 5.69 Å². The molecule has 0 saturated carbocycles. The third-order valence-electron chi connectivity index (χ3n) is 7.29. The van der Waals surface area contributed by atoms with E-state index in [0.717, 1.165) is 12.0 Å². The Morgan fingerprint density at radius 1 is 1.14 bits per heavy atom. The number of piperidine rings is 1. The Bertz CT molecular complexity index is 1210. The van der Waals surface area contributed by atoms with Gasteiger partial charge in [-0.15, -0.1) is 0 Å². The second-order valence-corrected chi connectivity index (χ2v) is 9.68. The molecular formula is C27H32N4O6. The quantitative estimate of drug-likeness (QED) is 0.472. The number of benzene rings is 2. The molecule has 2 heterocycles. The summed E-state index contributed by atoms with van der Waals surface area (Å²) in [5.74, 6) is -0.860. The molecule has 2 aliphatic heterocycles. The average molecular weight is 509 g/mol. The van der Waals surface area contributed by atoms with Gasteiger partial charge in [0.1, 0.15) is 11.8 Å². The van der Waals surface area contributed by atoms with Gasteiger partial charge in [-0.1, -0.05) is 31.2 Å². The van der Waals surface area contributed by atoms with Gasteiger partial charge in [0.25, 0.3) is 17.5 Å². The molecule has 2 fully saturated rings. The molecule has 2 aromatic carbocycles. The van der Waals surface area contributed by atoms with Gasteiger partial charge in [-0.3, -0.25) is 29.4 Å². The fourth-order valence-electron chi connectivity index (χ4n) is 4.94. The van der Waals surface area contributed by atoms with Crippen molar-refractivity contribution in [3.05, 3.63) is 75.3 Å². The lowest BCUT2D eigenvalue weighted by atomic mass is 9.95. The summed E-state index contributed by atoms with van der Waals surface area (Å²) in [5.41, 5.74) is 0.355. The zero-order valence-electron chi connectivity index (χ0n) is 21.3. The number of rotatable bonds is 6. The molecule has 4 rings (SSSR count). The number of hydrogen-bond acceptors (Lipinski definition) is 6. The summed E-state index contributed by atoms with van der Waals surface area (Å²) in [7, 11) is 0.